The van der Waals surface area contributed by atoms with E-state index in [4.69, 9.17) is 0 Å². The normalized spacial score (nSPS) is 19.9. The van der Waals surface area contributed by atoms with Gasteiger partial charge in [0.15, 0.2) is 5.16 Å². The van der Waals surface area contributed by atoms with Crippen LogP contribution >= 0.6 is 11.8 Å². The number of thioether (sulfide) groups is 1. The Kier molecular flexibility index (Phi) is 5.76. The molecular formula is C15H20FN3OS. The van der Waals surface area contributed by atoms with Crippen molar-refractivity contribution >= 4 is 11.8 Å². The second-order valence-electron chi connectivity index (χ2n) is 5.20. The first-order chi connectivity index (χ1) is 10.1. The number of aromatic amines is 1. The topological polar surface area (TPSA) is 49.0 Å². The summed E-state index contributed by atoms with van der Waals surface area (Å²) in [5, 5.41) is 0.602. The number of nitrogens with zero attached hydrogens (tertiary/aromatic N) is 2. The minimum absolute atomic E-state index is 0.139. The SMILES string of the molecule is C=CC=C(C)CSc1ncc(CN2CCC(F)C2)c(=O)[nH]1. The Hall–Kier alpha value is -1.40. The summed E-state index contributed by atoms with van der Waals surface area (Å²) in [7, 11) is 0. The van der Waals surface area contributed by atoms with E-state index in [1.54, 1.807) is 12.3 Å². The van der Waals surface area contributed by atoms with Crippen LogP contribution in [0.1, 0.15) is 18.9 Å². The minimum Gasteiger partial charge on any atom is -0.301 e. The van der Waals surface area contributed by atoms with E-state index in [9.17, 15) is 9.18 Å². The molecule has 0 amide bonds. The van der Waals surface area contributed by atoms with E-state index in [0.29, 0.717) is 36.8 Å². The van der Waals surface area contributed by atoms with E-state index in [1.807, 2.05) is 17.9 Å². The van der Waals surface area contributed by atoms with Crippen molar-refractivity contribution in [3.8, 4) is 0 Å². The zero-order valence-electron chi connectivity index (χ0n) is 12.1. The number of likely N-dealkylation sites (tertiary alicyclic amines) is 1. The Balaban J connectivity index is 1.95. The van der Waals surface area contributed by atoms with E-state index < -0.39 is 6.17 Å². The molecule has 0 saturated carbocycles. The summed E-state index contributed by atoms with van der Waals surface area (Å²) in [6, 6.07) is 0. The summed E-state index contributed by atoms with van der Waals surface area (Å²) in [6.07, 6.45) is 5.04. The number of nitrogens with one attached hydrogen (secondary N) is 1. The first kappa shape index (κ1) is 16.0. The zero-order chi connectivity index (χ0) is 15.2. The van der Waals surface area contributed by atoms with E-state index in [0.717, 1.165) is 11.3 Å². The number of rotatable bonds is 6. The average molecular weight is 309 g/mol. The number of alkyl halides is 1. The van der Waals surface area contributed by atoms with Gasteiger partial charge in [0, 0.05) is 37.1 Å². The number of halogens is 1. The smallest absolute Gasteiger partial charge is 0.256 e. The van der Waals surface area contributed by atoms with Crippen molar-refractivity contribution in [3.63, 3.8) is 0 Å². The maximum absolute atomic E-state index is 13.1. The molecule has 0 aliphatic carbocycles. The van der Waals surface area contributed by atoms with E-state index in [2.05, 4.69) is 16.5 Å². The quantitative estimate of drug-likeness (QED) is 0.498. The van der Waals surface area contributed by atoms with Crippen molar-refractivity contribution in [2.45, 2.75) is 31.2 Å². The third kappa shape index (κ3) is 4.82. The van der Waals surface area contributed by atoms with E-state index >= 15 is 0 Å². The highest BCUT2D eigenvalue weighted by molar-refractivity contribution is 7.99. The van der Waals surface area contributed by atoms with Gasteiger partial charge in [-0.15, -0.1) is 0 Å². The van der Waals surface area contributed by atoms with Crippen molar-refractivity contribution in [1.29, 1.82) is 0 Å². The number of aromatic nitrogens is 2. The molecule has 1 unspecified atom stereocenters. The lowest BCUT2D eigenvalue weighted by atomic mass is 10.3. The fourth-order valence-corrected chi connectivity index (χ4v) is 2.94. The van der Waals surface area contributed by atoms with Gasteiger partial charge in [-0.3, -0.25) is 9.69 Å². The van der Waals surface area contributed by atoms with E-state index in [-0.39, 0.29) is 5.56 Å². The minimum atomic E-state index is -0.772. The van der Waals surface area contributed by atoms with Gasteiger partial charge in [0.05, 0.1) is 0 Å². The average Bonchev–Trinajstić information content (AvgIpc) is 2.85. The Bertz CT molecular complexity index is 585. The standard InChI is InChI=1S/C15H20FN3OS/c1-3-4-11(2)10-21-15-17-7-12(14(20)18-15)8-19-6-5-13(16)9-19/h3-4,7,13H,1,5-6,8-10H2,2H3,(H,17,18,20). The van der Waals surface area contributed by atoms with Crippen molar-refractivity contribution in [3.05, 3.63) is 46.4 Å². The molecule has 0 spiro atoms. The molecule has 1 saturated heterocycles. The van der Waals surface area contributed by atoms with Crippen molar-refractivity contribution < 1.29 is 4.39 Å². The molecule has 2 rings (SSSR count). The fourth-order valence-electron chi connectivity index (χ4n) is 2.19. The first-order valence-corrected chi connectivity index (χ1v) is 7.92. The number of H-pyrrole nitrogens is 1. The third-order valence-corrected chi connectivity index (χ3v) is 4.38. The summed E-state index contributed by atoms with van der Waals surface area (Å²) < 4.78 is 13.1. The van der Waals surface area contributed by atoms with Gasteiger partial charge in [-0.1, -0.05) is 36.1 Å². The molecule has 1 N–H and O–H groups in total. The van der Waals surface area contributed by atoms with Gasteiger partial charge in [0.25, 0.3) is 5.56 Å². The predicted molar refractivity (Wildman–Crippen MR) is 84.3 cm³/mol. The monoisotopic (exact) mass is 309 g/mol. The molecule has 1 aromatic rings. The molecule has 4 nitrogen and oxygen atoms in total. The summed E-state index contributed by atoms with van der Waals surface area (Å²) in [4.78, 5) is 21.0. The lowest BCUT2D eigenvalue weighted by Gasteiger charge is -2.13. The Labute approximate surface area is 128 Å². The first-order valence-electron chi connectivity index (χ1n) is 6.94. The van der Waals surface area contributed by atoms with Gasteiger partial charge < -0.3 is 4.98 Å². The molecule has 21 heavy (non-hydrogen) atoms. The van der Waals surface area contributed by atoms with Crippen LogP contribution in [0.25, 0.3) is 0 Å². The van der Waals surface area contributed by atoms with E-state index in [1.165, 1.54) is 11.8 Å². The van der Waals surface area contributed by atoms with Crippen LogP contribution in [0.15, 0.2) is 40.5 Å². The predicted octanol–water partition coefficient (Wildman–Crippen LogP) is 2.54. The molecule has 1 aromatic heterocycles. The summed E-state index contributed by atoms with van der Waals surface area (Å²) in [5.74, 6) is 0.754. The molecule has 6 heteroatoms. The van der Waals surface area contributed by atoms with Gasteiger partial charge >= 0.3 is 0 Å². The van der Waals surface area contributed by atoms with Gasteiger partial charge in [-0.25, -0.2) is 9.37 Å². The molecule has 0 aromatic carbocycles. The second-order valence-corrected chi connectivity index (χ2v) is 6.17. The summed E-state index contributed by atoms with van der Waals surface area (Å²) >= 11 is 1.48. The van der Waals surface area contributed by atoms with Crippen LogP contribution in [0.5, 0.6) is 0 Å². The molecule has 1 fully saturated rings. The Morgan fingerprint density at radius 3 is 3.14 bits per heavy atom. The van der Waals surface area contributed by atoms with Crippen LogP contribution in [0.2, 0.25) is 0 Å². The Morgan fingerprint density at radius 2 is 2.52 bits per heavy atom. The molecule has 1 atom stereocenters. The van der Waals surface area contributed by atoms with Crippen LogP contribution in [-0.4, -0.2) is 39.9 Å². The lowest BCUT2D eigenvalue weighted by molar-refractivity contribution is 0.281. The highest BCUT2D eigenvalue weighted by Gasteiger charge is 2.22. The third-order valence-electron chi connectivity index (χ3n) is 3.30. The van der Waals surface area contributed by atoms with Crippen LogP contribution in [0.4, 0.5) is 4.39 Å². The highest BCUT2D eigenvalue weighted by atomic mass is 32.2. The van der Waals surface area contributed by atoms with Gasteiger partial charge in [0.1, 0.15) is 6.17 Å². The van der Waals surface area contributed by atoms with Gasteiger partial charge in [-0.2, -0.15) is 0 Å². The molecule has 2 heterocycles. The molecular weight excluding hydrogens is 289 g/mol. The van der Waals surface area contributed by atoms with Crippen LogP contribution < -0.4 is 5.56 Å². The molecule has 1 aliphatic heterocycles. The maximum Gasteiger partial charge on any atom is 0.256 e. The molecule has 0 radical (unpaired) electrons. The molecule has 0 bridgehead atoms. The lowest BCUT2D eigenvalue weighted by Crippen LogP contribution is -2.25. The highest BCUT2D eigenvalue weighted by Crippen LogP contribution is 2.16. The Morgan fingerprint density at radius 1 is 1.71 bits per heavy atom. The van der Waals surface area contributed by atoms with Gasteiger partial charge in [-0.05, 0) is 13.3 Å². The number of allylic oxidation sites excluding steroid dienone is 2. The van der Waals surface area contributed by atoms with Crippen molar-refractivity contribution in [2.24, 2.45) is 0 Å². The molecule has 1 aliphatic rings. The van der Waals surface area contributed by atoms with Crippen LogP contribution in [0.3, 0.4) is 0 Å². The largest absolute Gasteiger partial charge is 0.301 e. The fraction of sp³-hybridized carbons (Fsp3) is 0.467. The second kappa shape index (κ2) is 7.56. The maximum atomic E-state index is 13.1. The van der Waals surface area contributed by atoms with Crippen LogP contribution in [0, 0.1) is 0 Å². The van der Waals surface area contributed by atoms with Crippen molar-refractivity contribution in [2.75, 3.05) is 18.8 Å². The van der Waals surface area contributed by atoms with Gasteiger partial charge in [0.2, 0.25) is 0 Å². The summed E-state index contributed by atoms with van der Waals surface area (Å²) in [6.45, 7) is 7.21. The summed E-state index contributed by atoms with van der Waals surface area (Å²) in [5.41, 5.74) is 1.61. The van der Waals surface area contributed by atoms with Crippen LogP contribution in [-0.2, 0) is 6.54 Å². The molecule has 114 valence electrons. The zero-order valence-corrected chi connectivity index (χ0v) is 13.0. The number of hydrogen-bond acceptors (Lipinski definition) is 4. The van der Waals surface area contributed by atoms with Crippen molar-refractivity contribution in [1.82, 2.24) is 14.9 Å². The number of hydrogen-bond donors (Lipinski definition) is 1.